The summed E-state index contributed by atoms with van der Waals surface area (Å²) in [5, 5.41) is 6.69. The van der Waals surface area contributed by atoms with E-state index in [4.69, 9.17) is 14.5 Å². The van der Waals surface area contributed by atoms with Crippen molar-refractivity contribution in [1.29, 1.82) is 0 Å². The van der Waals surface area contributed by atoms with Gasteiger partial charge in [-0.2, -0.15) is 0 Å². The van der Waals surface area contributed by atoms with Crippen molar-refractivity contribution in [3.05, 3.63) is 88.7 Å². The Kier molecular flexibility index (Phi) is 9.16. The molecule has 228 valence electrons. The normalized spacial score (nSPS) is 18.1. The van der Waals surface area contributed by atoms with Crippen LogP contribution in [0.4, 0.5) is 5.69 Å². The molecule has 2 aliphatic rings. The molecule has 1 atom stereocenters. The Labute approximate surface area is 260 Å². The standard InChI is InChI=1S/C34H36N4O5S/c1-2-30(32(40)36-25-16-17-28-29(18-25)43-21-42-28)44-34-37-27-11-7-6-10-26(27)33(41)38(34)20-23-12-14-24(15-13-23)31(39)35-19-22-8-4-3-5-9-22/h3-11,16-18,23-24,30H,2,12-15,19-21H2,1H3,(H,35,39)(H,36,40)/t23?,24?,30-/m1/s1. The molecule has 0 unspecified atom stereocenters. The molecule has 2 N–H and O–H groups in total. The smallest absolute Gasteiger partial charge is 0.262 e. The van der Waals surface area contributed by atoms with E-state index in [1.165, 1.54) is 11.8 Å². The highest BCUT2D eigenvalue weighted by Gasteiger charge is 2.29. The number of anilines is 1. The summed E-state index contributed by atoms with van der Waals surface area (Å²) in [7, 11) is 0. The van der Waals surface area contributed by atoms with Crippen molar-refractivity contribution in [2.75, 3.05) is 12.1 Å². The second-order valence-electron chi connectivity index (χ2n) is 11.3. The Balaban J connectivity index is 1.14. The number of amides is 2. The molecule has 0 saturated heterocycles. The van der Waals surface area contributed by atoms with E-state index in [1.807, 2.05) is 55.5 Å². The average molecular weight is 613 g/mol. The van der Waals surface area contributed by atoms with Gasteiger partial charge in [0.2, 0.25) is 18.6 Å². The van der Waals surface area contributed by atoms with Crippen LogP contribution in [0.5, 0.6) is 11.5 Å². The van der Waals surface area contributed by atoms with E-state index < -0.39 is 5.25 Å². The zero-order chi connectivity index (χ0) is 30.5. The minimum Gasteiger partial charge on any atom is -0.454 e. The first-order valence-corrected chi connectivity index (χ1v) is 16.0. The number of aromatic nitrogens is 2. The Bertz CT molecular complexity index is 1700. The molecule has 2 amide bonds. The lowest BCUT2D eigenvalue weighted by Gasteiger charge is -2.29. The van der Waals surface area contributed by atoms with Gasteiger partial charge in [0.25, 0.3) is 5.56 Å². The van der Waals surface area contributed by atoms with Gasteiger partial charge in [0, 0.05) is 30.8 Å². The van der Waals surface area contributed by atoms with E-state index in [0.717, 1.165) is 31.2 Å². The highest BCUT2D eigenvalue weighted by molar-refractivity contribution is 8.00. The van der Waals surface area contributed by atoms with Crippen LogP contribution in [0.15, 0.2) is 82.7 Å². The number of rotatable bonds is 10. The van der Waals surface area contributed by atoms with Crippen molar-refractivity contribution in [2.24, 2.45) is 11.8 Å². The Hall–Kier alpha value is -4.31. The van der Waals surface area contributed by atoms with Crippen molar-refractivity contribution < 1.29 is 19.1 Å². The summed E-state index contributed by atoms with van der Waals surface area (Å²) in [6.07, 6.45) is 3.79. The van der Waals surface area contributed by atoms with Gasteiger partial charge < -0.3 is 20.1 Å². The minimum absolute atomic E-state index is 0.0281. The first-order chi connectivity index (χ1) is 21.5. The van der Waals surface area contributed by atoms with Crippen LogP contribution in [0, 0.1) is 11.8 Å². The first-order valence-electron chi connectivity index (χ1n) is 15.2. The van der Waals surface area contributed by atoms with Crippen LogP contribution >= 0.6 is 11.8 Å². The largest absolute Gasteiger partial charge is 0.454 e. The Morgan fingerprint density at radius 2 is 1.73 bits per heavy atom. The Morgan fingerprint density at radius 1 is 0.977 bits per heavy atom. The van der Waals surface area contributed by atoms with Gasteiger partial charge in [0.05, 0.1) is 16.2 Å². The van der Waals surface area contributed by atoms with Crippen molar-refractivity contribution in [3.63, 3.8) is 0 Å². The third-order valence-corrected chi connectivity index (χ3v) is 9.70. The highest BCUT2D eigenvalue weighted by Crippen LogP contribution is 2.35. The molecule has 2 heterocycles. The van der Waals surface area contributed by atoms with Crippen LogP contribution in [-0.4, -0.2) is 33.4 Å². The SMILES string of the molecule is CC[C@@H](Sc1nc2ccccc2c(=O)n1CC1CCC(C(=O)NCc2ccccc2)CC1)C(=O)Nc1ccc2c(c1)OCO2. The summed E-state index contributed by atoms with van der Waals surface area (Å²) in [5.74, 6) is 1.36. The third kappa shape index (κ3) is 6.75. The van der Waals surface area contributed by atoms with Gasteiger partial charge in [-0.25, -0.2) is 4.98 Å². The monoisotopic (exact) mass is 612 g/mol. The molecular weight excluding hydrogens is 576 g/mol. The number of hydrogen-bond acceptors (Lipinski definition) is 7. The number of nitrogens with one attached hydrogen (secondary N) is 2. The van der Waals surface area contributed by atoms with E-state index >= 15 is 0 Å². The van der Waals surface area contributed by atoms with Gasteiger partial charge in [-0.3, -0.25) is 19.0 Å². The summed E-state index contributed by atoms with van der Waals surface area (Å²) in [5.41, 5.74) is 2.21. The molecule has 6 rings (SSSR count). The maximum Gasteiger partial charge on any atom is 0.262 e. The van der Waals surface area contributed by atoms with E-state index in [2.05, 4.69) is 10.6 Å². The fourth-order valence-corrected chi connectivity index (χ4v) is 6.86. The van der Waals surface area contributed by atoms with E-state index in [1.54, 1.807) is 28.8 Å². The van der Waals surface area contributed by atoms with Gasteiger partial charge in [0.1, 0.15) is 0 Å². The predicted octanol–water partition coefficient (Wildman–Crippen LogP) is 5.76. The van der Waals surface area contributed by atoms with Crippen molar-refractivity contribution >= 4 is 40.2 Å². The van der Waals surface area contributed by atoms with Crippen molar-refractivity contribution in [1.82, 2.24) is 14.9 Å². The van der Waals surface area contributed by atoms with E-state index in [0.29, 0.717) is 52.8 Å². The second kappa shape index (κ2) is 13.5. The summed E-state index contributed by atoms with van der Waals surface area (Å²) in [6, 6.07) is 22.6. The topological polar surface area (TPSA) is 112 Å². The number of hydrogen-bond donors (Lipinski definition) is 2. The van der Waals surface area contributed by atoms with Crippen LogP contribution in [0.25, 0.3) is 10.9 Å². The number of fused-ring (bicyclic) bond motifs is 2. The number of ether oxygens (including phenoxy) is 2. The molecule has 4 aromatic rings. The lowest BCUT2D eigenvalue weighted by molar-refractivity contribution is -0.126. The van der Waals surface area contributed by atoms with Gasteiger partial charge in [-0.15, -0.1) is 0 Å². The van der Waals surface area contributed by atoms with Crippen LogP contribution in [-0.2, 0) is 22.7 Å². The third-order valence-electron chi connectivity index (χ3n) is 8.35. The van der Waals surface area contributed by atoms with Crippen LogP contribution in [0.3, 0.4) is 0 Å². The van der Waals surface area contributed by atoms with Crippen LogP contribution in [0.2, 0.25) is 0 Å². The van der Waals surface area contributed by atoms with Crippen LogP contribution in [0.1, 0.15) is 44.6 Å². The summed E-state index contributed by atoms with van der Waals surface area (Å²) in [6.45, 7) is 3.13. The number of benzene rings is 3. The van der Waals surface area contributed by atoms with Gasteiger partial charge in [-0.1, -0.05) is 61.2 Å². The molecule has 1 aliphatic heterocycles. The summed E-state index contributed by atoms with van der Waals surface area (Å²) >= 11 is 1.32. The quantitative estimate of drug-likeness (QED) is 0.173. The predicted molar refractivity (Wildman–Crippen MR) is 171 cm³/mol. The zero-order valence-electron chi connectivity index (χ0n) is 24.7. The molecule has 0 spiro atoms. The lowest BCUT2D eigenvalue weighted by Crippen LogP contribution is -2.35. The van der Waals surface area contributed by atoms with E-state index in [9.17, 15) is 14.4 Å². The number of carbonyl (C=O) groups is 2. The molecule has 9 nitrogen and oxygen atoms in total. The number of nitrogens with zero attached hydrogens (tertiary/aromatic N) is 2. The molecular formula is C34H36N4O5S. The van der Waals surface area contributed by atoms with Gasteiger partial charge in [-0.05, 0) is 67.9 Å². The highest BCUT2D eigenvalue weighted by atomic mass is 32.2. The zero-order valence-corrected chi connectivity index (χ0v) is 25.5. The van der Waals surface area contributed by atoms with Crippen molar-refractivity contribution in [2.45, 2.75) is 62.5 Å². The van der Waals surface area contributed by atoms with E-state index in [-0.39, 0.29) is 36.0 Å². The second-order valence-corrected chi connectivity index (χ2v) is 12.5. The maximum absolute atomic E-state index is 13.8. The average Bonchev–Trinajstić information content (AvgIpc) is 3.53. The molecule has 0 radical (unpaired) electrons. The van der Waals surface area contributed by atoms with Gasteiger partial charge in [0.15, 0.2) is 16.7 Å². The number of carbonyl (C=O) groups excluding carboxylic acids is 2. The maximum atomic E-state index is 13.8. The molecule has 44 heavy (non-hydrogen) atoms. The molecule has 1 aliphatic carbocycles. The molecule has 10 heteroatoms. The van der Waals surface area contributed by atoms with Gasteiger partial charge >= 0.3 is 0 Å². The molecule has 1 aromatic heterocycles. The number of para-hydroxylation sites is 1. The number of thioether (sulfide) groups is 1. The first kappa shape index (κ1) is 29.7. The fraction of sp³-hybridized carbons (Fsp3) is 0.353. The molecule has 1 saturated carbocycles. The lowest BCUT2D eigenvalue weighted by atomic mass is 9.81. The minimum atomic E-state index is -0.469. The molecule has 3 aromatic carbocycles. The van der Waals surface area contributed by atoms with Crippen molar-refractivity contribution in [3.8, 4) is 11.5 Å². The summed E-state index contributed by atoms with van der Waals surface area (Å²) < 4.78 is 12.6. The fourth-order valence-electron chi connectivity index (χ4n) is 5.84. The van der Waals surface area contributed by atoms with Crippen LogP contribution < -0.4 is 25.7 Å². The molecule has 1 fully saturated rings. The Morgan fingerprint density at radius 3 is 2.52 bits per heavy atom. The molecule has 0 bridgehead atoms. The summed E-state index contributed by atoms with van der Waals surface area (Å²) in [4.78, 5) is 44.9.